The van der Waals surface area contributed by atoms with Crippen molar-refractivity contribution in [2.24, 2.45) is 29.2 Å². The number of anilines is 1. The van der Waals surface area contributed by atoms with Crippen molar-refractivity contribution in [3.63, 3.8) is 0 Å². The number of hydrogen-bond donors (Lipinski definition) is 3. The Kier molecular flexibility index (Phi) is 15.3. The summed E-state index contributed by atoms with van der Waals surface area (Å²) >= 11 is 0. The quantitative estimate of drug-likeness (QED) is 0.134. The predicted octanol–water partition coefficient (Wildman–Crippen LogP) is 5.19. The zero-order chi connectivity index (χ0) is 39.3. The van der Waals surface area contributed by atoms with Crippen LogP contribution < -0.4 is 21.7 Å². The number of likely N-dealkylation sites (tertiary alicyclic amines) is 1. The predicted molar refractivity (Wildman–Crippen MR) is 216 cm³/mol. The molecule has 0 spiro atoms. The van der Waals surface area contributed by atoms with E-state index in [0.29, 0.717) is 71.0 Å². The topological polar surface area (TPSA) is 156 Å². The van der Waals surface area contributed by atoms with E-state index in [4.69, 9.17) is 11.5 Å². The van der Waals surface area contributed by atoms with Gasteiger partial charge in [0.25, 0.3) is 0 Å². The molecular weight excluding hydrogens is 691 g/mol. The van der Waals surface area contributed by atoms with Crippen LogP contribution in [-0.2, 0) is 43.2 Å². The first-order valence-electron chi connectivity index (χ1n) is 20.1. The fourth-order valence-electron chi connectivity index (χ4n) is 8.08. The molecule has 2 aliphatic heterocycles. The molecule has 3 amide bonds. The fourth-order valence-corrected chi connectivity index (χ4v) is 8.08. The molecule has 1 saturated heterocycles. The summed E-state index contributed by atoms with van der Waals surface area (Å²) < 4.78 is 0. The van der Waals surface area contributed by atoms with E-state index in [0.717, 1.165) is 28.8 Å². The number of Topliss-reactive ketones (excluding diaryl/α,β-unsaturated/α-hetero) is 2. The van der Waals surface area contributed by atoms with Crippen LogP contribution in [0, 0.1) is 17.8 Å². The number of piperidine rings is 1. The van der Waals surface area contributed by atoms with Gasteiger partial charge < -0.3 is 26.6 Å². The SMILES string of the molecule is CC(C)C[C@@H](NC(=O)[C@H](CC(=O)[C@H](N)Cc1ccccc1)Cc1ccccc1)C(=O)C[C@H](CCCCN)C(=O)N1CCC(N2C(=O)Cc3ccccc32)CC1. The highest BCUT2D eigenvalue weighted by Gasteiger charge is 2.38. The van der Waals surface area contributed by atoms with Crippen molar-refractivity contribution in [3.05, 3.63) is 102 Å². The molecule has 10 heteroatoms. The molecule has 2 heterocycles. The molecule has 0 bridgehead atoms. The minimum Gasteiger partial charge on any atom is -0.346 e. The lowest BCUT2D eigenvalue weighted by Crippen LogP contribution is -2.50. The Morgan fingerprint density at radius 1 is 0.782 bits per heavy atom. The second-order valence-corrected chi connectivity index (χ2v) is 15.8. The Hall–Kier alpha value is -4.67. The lowest BCUT2D eigenvalue weighted by atomic mass is 9.87. The van der Waals surface area contributed by atoms with Crippen LogP contribution in [0.5, 0.6) is 0 Å². The summed E-state index contributed by atoms with van der Waals surface area (Å²) in [4.78, 5) is 72.6. The third-order valence-corrected chi connectivity index (χ3v) is 11.1. The number of hydrogen-bond acceptors (Lipinski definition) is 7. The van der Waals surface area contributed by atoms with Gasteiger partial charge in [0.05, 0.1) is 18.5 Å². The largest absolute Gasteiger partial charge is 0.346 e. The highest BCUT2D eigenvalue weighted by atomic mass is 16.2. The molecule has 0 aliphatic carbocycles. The molecule has 0 radical (unpaired) electrons. The first kappa shape index (κ1) is 41.5. The number of carbonyl (C=O) groups is 5. The Balaban J connectivity index is 1.26. The number of benzene rings is 3. The summed E-state index contributed by atoms with van der Waals surface area (Å²) in [5.41, 5.74) is 16.0. The van der Waals surface area contributed by atoms with Crippen molar-refractivity contribution in [1.82, 2.24) is 10.2 Å². The van der Waals surface area contributed by atoms with Crippen molar-refractivity contribution in [2.45, 2.75) is 103 Å². The van der Waals surface area contributed by atoms with Gasteiger partial charge in [-0.25, -0.2) is 0 Å². The maximum atomic E-state index is 14.2. The highest BCUT2D eigenvalue weighted by Crippen LogP contribution is 2.34. The molecule has 55 heavy (non-hydrogen) atoms. The highest BCUT2D eigenvalue weighted by molar-refractivity contribution is 6.02. The van der Waals surface area contributed by atoms with Crippen molar-refractivity contribution < 1.29 is 24.0 Å². The van der Waals surface area contributed by atoms with Crippen molar-refractivity contribution in [2.75, 3.05) is 24.5 Å². The first-order chi connectivity index (χ1) is 26.5. The van der Waals surface area contributed by atoms with Crippen LogP contribution in [0.15, 0.2) is 84.9 Å². The molecule has 4 atom stereocenters. The number of carbonyl (C=O) groups excluding carboxylic acids is 5. The normalized spacial score (nSPS) is 16.7. The standard InChI is InChI=1S/C45H59N5O5/c1-31(2)25-39(48-44(54)36(26-32-13-5-3-6-14-32)29-41(51)38(47)27-33-15-7-4-8-16-33)42(52)28-35(18-11-12-22-46)45(55)49-23-20-37(21-24-49)50-40-19-10-9-17-34(40)30-43(50)53/h3-10,13-17,19,31,35-39H,11-12,18,20-30,46-47H2,1-2H3,(H,48,54)/t35-,36-,38+,39+/m0/s1. The Morgan fingerprint density at radius 2 is 1.38 bits per heavy atom. The summed E-state index contributed by atoms with van der Waals surface area (Å²) in [6.45, 7) is 5.50. The average molecular weight is 750 g/mol. The number of ketones is 2. The third-order valence-electron chi connectivity index (χ3n) is 11.1. The molecule has 294 valence electrons. The minimum atomic E-state index is -0.810. The van der Waals surface area contributed by atoms with E-state index < -0.39 is 23.9 Å². The van der Waals surface area contributed by atoms with Crippen molar-refractivity contribution in [3.8, 4) is 0 Å². The van der Waals surface area contributed by atoms with Crippen LogP contribution in [0.1, 0.15) is 81.9 Å². The number of nitrogens with one attached hydrogen (secondary N) is 1. The fraction of sp³-hybridized carbons (Fsp3) is 0.489. The third kappa shape index (κ3) is 11.7. The maximum absolute atomic E-state index is 14.2. The number of amides is 3. The number of para-hydroxylation sites is 1. The molecule has 3 aromatic rings. The molecule has 5 N–H and O–H groups in total. The summed E-state index contributed by atoms with van der Waals surface area (Å²) in [6.07, 6.45) is 4.75. The average Bonchev–Trinajstić information content (AvgIpc) is 3.52. The zero-order valence-corrected chi connectivity index (χ0v) is 32.5. The minimum absolute atomic E-state index is 0.00319. The Bertz CT molecular complexity index is 1740. The number of rotatable bonds is 20. The first-order valence-corrected chi connectivity index (χ1v) is 20.1. The summed E-state index contributed by atoms with van der Waals surface area (Å²) in [7, 11) is 0. The number of fused-ring (bicyclic) bond motifs is 1. The van der Waals surface area contributed by atoms with Crippen molar-refractivity contribution in [1.29, 1.82) is 0 Å². The van der Waals surface area contributed by atoms with Crippen LogP contribution >= 0.6 is 0 Å². The van der Waals surface area contributed by atoms with Gasteiger partial charge in [-0.2, -0.15) is 0 Å². The molecule has 0 saturated carbocycles. The van der Waals surface area contributed by atoms with Gasteiger partial charge in [-0.15, -0.1) is 0 Å². The van der Waals surface area contributed by atoms with Gasteiger partial charge in [0.15, 0.2) is 11.6 Å². The molecule has 2 aliphatic rings. The van der Waals surface area contributed by atoms with Gasteiger partial charge in [0.1, 0.15) is 0 Å². The second kappa shape index (κ2) is 20.3. The molecular formula is C45H59N5O5. The van der Waals surface area contributed by atoms with E-state index in [2.05, 4.69) is 5.32 Å². The lowest BCUT2D eigenvalue weighted by Gasteiger charge is -2.38. The van der Waals surface area contributed by atoms with Crippen LogP contribution in [-0.4, -0.2) is 71.9 Å². The van der Waals surface area contributed by atoms with Gasteiger partial charge in [-0.1, -0.05) is 99.1 Å². The number of nitrogens with two attached hydrogens (primary N) is 2. The molecule has 0 unspecified atom stereocenters. The van der Waals surface area contributed by atoms with Gasteiger partial charge in [-0.3, -0.25) is 24.0 Å². The number of unbranched alkanes of at least 4 members (excludes halogenated alkanes) is 1. The smallest absolute Gasteiger partial charge is 0.231 e. The van der Waals surface area contributed by atoms with Crippen LogP contribution in [0.25, 0.3) is 0 Å². The van der Waals surface area contributed by atoms with Crippen molar-refractivity contribution >= 4 is 35.0 Å². The summed E-state index contributed by atoms with van der Waals surface area (Å²) in [5, 5.41) is 3.04. The second-order valence-electron chi connectivity index (χ2n) is 15.8. The maximum Gasteiger partial charge on any atom is 0.231 e. The van der Waals surface area contributed by atoms with Crippen LogP contribution in [0.3, 0.4) is 0 Å². The monoisotopic (exact) mass is 749 g/mol. The van der Waals surface area contributed by atoms with E-state index in [9.17, 15) is 24.0 Å². The molecule has 0 aromatic heterocycles. The van der Waals surface area contributed by atoms with Crippen LogP contribution in [0.4, 0.5) is 5.69 Å². The van der Waals surface area contributed by atoms with Gasteiger partial charge in [0, 0.05) is 49.5 Å². The van der Waals surface area contributed by atoms with Gasteiger partial charge in [0.2, 0.25) is 17.7 Å². The molecule has 10 nitrogen and oxygen atoms in total. The Morgan fingerprint density at radius 3 is 2.02 bits per heavy atom. The summed E-state index contributed by atoms with van der Waals surface area (Å²) in [5.74, 6) is -1.91. The van der Waals surface area contributed by atoms with E-state index in [1.165, 1.54) is 0 Å². The van der Waals surface area contributed by atoms with E-state index in [-0.39, 0.29) is 54.1 Å². The zero-order valence-electron chi connectivity index (χ0n) is 32.5. The Labute approximate surface area is 326 Å². The lowest BCUT2D eigenvalue weighted by molar-refractivity contribution is -0.140. The number of nitrogens with zero attached hydrogens (tertiary/aromatic N) is 2. The van der Waals surface area contributed by atoms with Gasteiger partial charge >= 0.3 is 0 Å². The van der Waals surface area contributed by atoms with E-state index in [1.807, 2.05) is 109 Å². The van der Waals surface area contributed by atoms with Gasteiger partial charge in [-0.05, 0) is 80.2 Å². The van der Waals surface area contributed by atoms with Crippen LogP contribution in [0.2, 0.25) is 0 Å². The molecule has 3 aromatic carbocycles. The van der Waals surface area contributed by atoms with E-state index >= 15 is 0 Å². The van der Waals surface area contributed by atoms with E-state index in [1.54, 1.807) is 0 Å². The molecule has 5 rings (SSSR count). The summed E-state index contributed by atoms with van der Waals surface area (Å²) in [6, 6.07) is 25.4. The molecule has 1 fully saturated rings.